The van der Waals surface area contributed by atoms with Crippen LogP contribution in [0.15, 0.2) is 99.4 Å². The molecule has 2 N–H and O–H groups in total. The fourth-order valence-electron chi connectivity index (χ4n) is 4.96. The summed E-state index contributed by atoms with van der Waals surface area (Å²) in [6.45, 7) is 0. The van der Waals surface area contributed by atoms with Gasteiger partial charge in [0.1, 0.15) is 11.6 Å². The van der Waals surface area contributed by atoms with Gasteiger partial charge in [-0.2, -0.15) is 10.5 Å². The zero-order valence-corrected chi connectivity index (χ0v) is 25.0. The molecule has 8 nitrogen and oxygen atoms in total. The monoisotopic (exact) mass is 641 g/mol. The maximum Gasteiger partial charge on any atom is 0.248 e. The van der Waals surface area contributed by atoms with E-state index in [0.717, 1.165) is 32.6 Å². The molecule has 6 rings (SSSR count). The highest BCUT2D eigenvalue weighted by atomic mass is 79.9. The number of benzene rings is 4. The van der Waals surface area contributed by atoms with Gasteiger partial charge in [-0.15, -0.1) is 0 Å². The zero-order valence-electron chi connectivity index (χ0n) is 23.4. The van der Waals surface area contributed by atoms with Crippen LogP contribution in [-0.4, -0.2) is 28.9 Å². The molecule has 4 aromatic rings. The van der Waals surface area contributed by atoms with Gasteiger partial charge < -0.3 is 5.73 Å². The molecule has 0 fully saturated rings. The molecule has 1 amide bonds. The minimum absolute atomic E-state index is 0.00600. The number of fused-ring (bicyclic) bond motifs is 2. The van der Waals surface area contributed by atoms with Crippen LogP contribution in [-0.2, 0) is 22.4 Å². The standard InChI is InChI=1S/C18H13N3O2.C17H11BrN2O/c19-10-11-2-1-3-12(6-11)17-9-15(22)8-14-7-13(18(20)23)4-5-16(14)21-17;18-14-4-5-16-13(7-14)8-15(21)9-17(20-16)12-3-1-2-11(6-12)10-19/h1-7H,8-9H2,(H2,20,23);1-7H,8-9H2. The Morgan fingerprint density at radius 2 is 1.18 bits per heavy atom. The van der Waals surface area contributed by atoms with E-state index in [-0.39, 0.29) is 24.4 Å². The van der Waals surface area contributed by atoms with Crippen LogP contribution >= 0.6 is 15.9 Å². The third kappa shape index (κ3) is 7.09. The lowest BCUT2D eigenvalue weighted by Gasteiger charge is -2.05. The predicted octanol–water partition coefficient (Wildman–Crippen LogP) is 6.25. The Morgan fingerprint density at radius 3 is 1.68 bits per heavy atom. The van der Waals surface area contributed by atoms with Gasteiger partial charge in [0.05, 0.1) is 46.1 Å². The molecular formula is C35H24BrN5O3. The first-order valence-electron chi connectivity index (χ1n) is 13.6. The number of nitrogens with two attached hydrogens (primary N) is 1. The molecule has 0 spiro atoms. The third-order valence-electron chi connectivity index (χ3n) is 7.07. The summed E-state index contributed by atoms with van der Waals surface area (Å²) in [4.78, 5) is 44.8. The first kappa shape index (κ1) is 30.0. The fraction of sp³-hybridized carbons (Fsp3) is 0.114. The summed E-state index contributed by atoms with van der Waals surface area (Å²) in [5, 5.41) is 18.0. The molecule has 0 aromatic heterocycles. The highest BCUT2D eigenvalue weighted by Gasteiger charge is 2.20. The summed E-state index contributed by atoms with van der Waals surface area (Å²) in [5.74, 6) is -0.394. The van der Waals surface area contributed by atoms with Crippen LogP contribution in [0.5, 0.6) is 0 Å². The molecule has 0 saturated carbocycles. The normalized spacial score (nSPS) is 13.7. The van der Waals surface area contributed by atoms with Crippen molar-refractivity contribution in [2.75, 3.05) is 0 Å². The van der Waals surface area contributed by atoms with Gasteiger partial charge in [0.25, 0.3) is 0 Å². The molecule has 0 saturated heterocycles. The van der Waals surface area contributed by atoms with Gasteiger partial charge in [-0.05, 0) is 82.9 Å². The summed E-state index contributed by atoms with van der Waals surface area (Å²) in [5.41, 5.74) is 12.8. The Kier molecular flexibility index (Phi) is 8.99. The van der Waals surface area contributed by atoms with Crippen molar-refractivity contribution in [3.8, 4) is 12.1 Å². The Morgan fingerprint density at radius 1 is 0.682 bits per heavy atom. The van der Waals surface area contributed by atoms with E-state index < -0.39 is 5.91 Å². The molecule has 2 aliphatic rings. The number of halogens is 1. The lowest BCUT2D eigenvalue weighted by atomic mass is 10.0. The van der Waals surface area contributed by atoms with Gasteiger partial charge in [0, 0.05) is 35.7 Å². The SMILES string of the molecule is N#Cc1cccc(C2=Nc3ccc(Br)cc3CC(=O)C2)c1.N#Cc1cccc(C2=Nc3ccc(C(N)=O)cc3CC(=O)C2)c1. The van der Waals surface area contributed by atoms with Crippen molar-refractivity contribution in [2.45, 2.75) is 25.7 Å². The summed E-state index contributed by atoms with van der Waals surface area (Å²) < 4.78 is 0.944. The molecule has 9 heteroatoms. The minimum Gasteiger partial charge on any atom is -0.366 e. The van der Waals surface area contributed by atoms with Crippen LogP contribution in [0.25, 0.3) is 0 Å². The van der Waals surface area contributed by atoms with Gasteiger partial charge in [0.15, 0.2) is 0 Å². The number of carbonyl (C=O) groups is 3. The van der Waals surface area contributed by atoms with Gasteiger partial charge in [-0.3, -0.25) is 24.4 Å². The van der Waals surface area contributed by atoms with Gasteiger partial charge in [-0.25, -0.2) is 0 Å². The summed E-state index contributed by atoms with van der Waals surface area (Å²) in [7, 11) is 0. The molecule has 0 unspecified atom stereocenters. The second kappa shape index (κ2) is 13.2. The predicted molar refractivity (Wildman–Crippen MR) is 170 cm³/mol. The van der Waals surface area contributed by atoms with Crippen molar-refractivity contribution in [3.63, 3.8) is 0 Å². The largest absolute Gasteiger partial charge is 0.366 e. The van der Waals surface area contributed by atoms with E-state index >= 15 is 0 Å². The second-order valence-corrected chi connectivity index (χ2v) is 11.2. The van der Waals surface area contributed by atoms with Crippen LogP contribution in [0.3, 0.4) is 0 Å². The average molecular weight is 643 g/mol. The van der Waals surface area contributed by atoms with Gasteiger partial charge in [-0.1, -0.05) is 40.2 Å². The van der Waals surface area contributed by atoms with Crippen LogP contribution in [0.1, 0.15) is 56.6 Å². The molecule has 0 bridgehead atoms. The third-order valence-corrected chi connectivity index (χ3v) is 7.56. The highest BCUT2D eigenvalue weighted by molar-refractivity contribution is 9.10. The Hall–Kier alpha value is -5.51. The molecule has 214 valence electrons. The lowest BCUT2D eigenvalue weighted by molar-refractivity contribution is -0.118. The topological polar surface area (TPSA) is 150 Å². The number of amides is 1. The second-order valence-electron chi connectivity index (χ2n) is 10.3. The van der Waals surface area contributed by atoms with Crippen LogP contribution in [0, 0.1) is 22.7 Å². The summed E-state index contributed by atoms with van der Waals surface area (Å²) in [6, 6.07) is 29.1. The summed E-state index contributed by atoms with van der Waals surface area (Å²) in [6.07, 6.45) is 1.08. The van der Waals surface area contributed by atoms with Crippen LogP contribution in [0.4, 0.5) is 11.4 Å². The summed E-state index contributed by atoms with van der Waals surface area (Å²) >= 11 is 3.42. The number of aliphatic imine (C=N–C) groups is 2. The van der Waals surface area contributed by atoms with E-state index in [4.69, 9.17) is 16.3 Å². The van der Waals surface area contributed by atoms with E-state index in [0.29, 0.717) is 46.5 Å². The van der Waals surface area contributed by atoms with Crippen LogP contribution in [0.2, 0.25) is 0 Å². The van der Waals surface area contributed by atoms with Crippen molar-refractivity contribution in [3.05, 3.63) is 128 Å². The van der Waals surface area contributed by atoms with E-state index in [1.807, 2.05) is 36.4 Å². The van der Waals surface area contributed by atoms with Crippen molar-refractivity contribution < 1.29 is 14.4 Å². The zero-order chi connectivity index (χ0) is 31.2. The highest BCUT2D eigenvalue weighted by Crippen LogP contribution is 2.29. The number of primary amides is 1. The lowest BCUT2D eigenvalue weighted by Crippen LogP contribution is -2.12. The minimum atomic E-state index is -0.532. The molecule has 0 radical (unpaired) electrons. The fourth-order valence-corrected chi connectivity index (χ4v) is 5.37. The number of hydrogen-bond donors (Lipinski definition) is 1. The van der Waals surface area contributed by atoms with Crippen molar-refractivity contribution in [1.82, 2.24) is 0 Å². The number of ketones is 2. The Labute approximate surface area is 262 Å². The first-order valence-corrected chi connectivity index (χ1v) is 14.4. The maximum atomic E-state index is 12.2. The molecule has 0 aliphatic carbocycles. The van der Waals surface area contributed by atoms with Gasteiger partial charge >= 0.3 is 0 Å². The molecule has 2 aliphatic heterocycles. The first-order chi connectivity index (χ1) is 21.2. The van der Waals surface area contributed by atoms with Gasteiger partial charge in [0.2, 0.25) is 5.91 Å². The van der Waals surface area contributed by atoms with E-state index in [2.05, 4.69) is 38.1 Å². The quantitative estimate of drug-likeness (QED) is 0.280. The number of carbonyl (C=O) groups excluding carboxylic acids is 3. The molecule has 4 aromatic carbocycles. The Balaban J connectivity index is 0.000000175. The maximum absolute atomic E-state index is 12.2. The van der Waals surface area contributed by atoms with E-state index in [9.17, 15) is 14.4 Å². The number of nitrogens with zero attached hydrogens (tertiary/aromatic N) is 4. The van der Waals surface area contributed by atoms with Crippen molar-refractivity contribution in [2.24, 2.45) is 15.7 Å². The molecular weight excluding hydrogens is 618 g/mol. The molecule has 2 heterocycles. The molecule has 0 atom stereocenters. The number of hydrogen-bond acceptors (Lipinski definition) is 7. The van der Waals surface area contributed by atoms with Crippen molar-refractivity contribution in [1.29, 1.82) is 10.5 Å². The Bertz CT molecular complexity index is 1980. The smallest absolute Gasteiger partial charge is 0.248 e. The van der Waals surface area contributed by atoms with Crippen molar-refractivity contribution >= 4 is 56.2 Å². The molecule has 44 heavy (non-hydrogen) atoms. The number of nitriles is 2. The number of rotatable bonds is 3. The van der Waals surface area contributed by atoms with E-state index in [1.54, 1.807) is 48.5 Å². The number of Topliss-reactive ketones (excluding diaryl/α,β-unsaturated/α-hetero) is 2. The average Bonchev–Trinajstić information content (AvgIpc) is 3.30. The van der Waals surface area contributed by atoms with E-state index in [1.165, 1.54) is 0 Å². The van der Waals surface area contributed by atoms with Crippen LogP contribution < -0.4 is 5.73 Å².